The predicted molar refractivity (Wildman–Crippen MR) is 89.2 cm³/mol. The highest BCUT2D eigenvalue weighted by Crippen LogP contribution is 2.25. The van der Waals surface area contributed by atoms with Crippen LogP contribution in [0.1, 0.15) is 13.3 Å². The van der Waals surface area contributed by atoms with Crippen LogP contribution in [0.25, 0.3) is 22.3 Å². The van der Waals surface area contributed by atoms with Crippen LogP contribution >= 0.6 is 15.9 Å². The lowest BCUT2D eigenvalue weighted by atomic mass is 10.1. The summed E-state index contributed by atoms with van der Waals surface area (Å²) < 4.78 is 0.877. The average Bonchev–Trinajstić information content (AvgIpc) is 2.53. The number of rotatable bonds is 4. The van der Waals surface area contributed by atoms with E-state index >= 15 is 0 Å². The lowest BCUT2D eigenvalue weighted by Gasteiger charge is -2.08. The summed E-state index contributed by atoms with van der Waals surface area (Å²) >= 11 is 3.48. The van der Waals surface area contributed by atoms with E-state index in [9.17, 15) is 0 Å². The Morgan fingerprint density at radius 2 is 2.10 bits per heavy atom. The summed E-state index contributed by atoms with van der Waals surface area (Å²) in [5, 5.41) is 4.39. The molecule has 2 heterocycles. The van der Waals surface area contributed by atoms with Gasteiger partial charge in [0, 0.05) is 29.9 Å². The van der Waals surface area contributed by atoms with Crippen LogP contribution < -0.4 is 5.32 Å². The van der Waals surface area contributed by atoms with Crippen molar-refractivity contribution in [2.45, 2.75) is 13.3 Å². The fraction of sp³-hybridized carbons (Fsp3) is 0.188. The van der Waals surface area contributed by atoms with Gasteiger partial charge in [0.1, 0.15) is 5.82 Å². The third kappa shape index (κ3) is 3.03. The van der Waals surface area contributed by atoms with E-state index in [0.717, 1.165) is 39.7 Å². The second-order valence-electron chi connectivity index (χ2n) is 4.73. The summed E-state index contributed by atoms with van der Waals surface area (Å²) in [5.74, 6) is 1.54. The van der Waals surface area contributed by atoms with Gasteiger partial charge >= 0.3 is 0 Å². The smallest absolute Gasteiger partial charge is 0.161 e. The molecule has 5 heteroatoms. The lowest BCUT2D eigenvalue weighted by Crippen LogP contribution is -2.04. The van der Waals surface area contributed by atoms with Crippen LogP contribution in [0.15, 0.2) is 47.2 Å². The maximum atomic E-state index is 4.60. The molecular weight excluding hydrogens is 328 g/mol. The number of anilines is 1. The number of hydrogen-bond donors (Lipinski definition) is 1. The van der Waals surface area contributed by atoms with Crippen molar-refractivity contribution in [2.24, 2.45) is 0 Å². The zero-order chi connectivity index (χ0) is 14.7. The van der Waals surface area contributed by atoms with Crippen LogP contribution in [0.3, 0.4) is 0 Å². The summed E-state index contributed by atoms with van der Waals surface area (Å²) in [5.41, 5.74) is 1.96. The predicted octanol–water partition coefficient (Wildman–Crippen LogP) is 4.28. The molecule has 0 saturated heterocycles. The van der Waals surface area contributed by atoms with Crippen molar-refractivity contribution < 1.29 is 0 Å². The van der Waals surface area contributed by atoms with E-state index in [1.54, 1.807) is 12.4 Å². The van der Waals surface area contributed by atoms with Gasteiger partial charge in [0.25, 0.3) is 0 Å². The van der Waals surface area contributed by atoms with Gasteiger partial charge in [0.05, 0.1) is 9.99 Å². The highest BCUT2D eigenvalue weighted by Gasteiger charge is 2.07. The van der Waals surface area contributed by atoms with E-state index in [2.05, 4.69) is 49.2 Å². The Hall–Kier alpha value is -2.01. The van der Waals surface area contributed by atoms with E-state index < -0.39 is 0 Å². The Bertz CT molecular complexity index is 773. The van der Waals surface area contributed by atoms with Crippen molar-refractivity contribution in [1.29, 1.82) is 0 Å². The van der Waals surface area contributed by atoms with Crippen molar-refractivity contribution in [2.75, 3.05) is 11.9 Å². The fourth-order valence-electron chi connectivity index (χ4n) is 2.09. The molecule has 0 saturated carbocycles. The number of halogens is 1. The van der Waals surface area contributed by atoms with Gasteiger partial charge in [0.15, 0.2) is 5.82 Å². The summed E-state index contributed by atoms with van der Waals surface area (Å²) in [6, 6.07) is 10.0. The Morgan fingerprint density at radius 3 is 2.95 bits per heavy atom. The van der Waals surface area contributed by atoms with Crippen LogP contribution in [0.5, 0.6) is 0 Å². The Balaban J connectivity index is 2.01. The first-order valence-electron chi connectivity index (χ1n) is 6.89. The van der Waals surface area contributed by atoms with Crippen LogP contribution in [-0.4, -0.2) is 21.5 Å². The third-order valence-corrected chi connectivity index (χ3v) is 3.73. The molecule has 0 fully saturated rings. The molecule has 0 aliphatic carbocycles. The first-order valence-corrected chi connectivity index (χ1v) is 7.69. The first-order chi connectivity index (χ1) is 10.3. The van der Waals surface area contributed by atoms with Gasteiger partial charge in [-0.15, -0.1) is 0 Å². The molecule has 3 rings (SSSR count). The molecule has 3 aromatic rings. The minimum absolute atomic E-state index is 0.711. The normalized spacial score (nSPS) is 10.8. The third-order valence-electron chi connectivity index (χ3n) is 3.15. The van der Waals surface area contributed by atoms with Crippen molar-refractivity contribution in [3.8, 4) is 11.4 Å². The molecule has 0 atom stereocenters. The Kier molecular flexibility index (Phi) is 4.10. The molecule has 0 aliphatic heterocycles. The summed E-state index contributed by atoms with van der Waals surface area (Å²) in [7, 11) is 0. The van der Waals surface area contributed by atoms with Crippen LogP contribution in [-0.2, 0) is 0 Å². The first kappa shape index (κ1) is 13.9. The molecule has 0 radical (unpaired) electrons. The molecule has 0 bridgehead atoms. The highest BCUT2D eigenvalue weighted by atomic mass is 79.9. The number of pyridine rings is 1. The molecule has 1 aromatic carbocycles. The van der Waals surface area contributed by atoms with E-state index in [1.807, 2.05) is 24.3 Å². The second kappa shape index (κ2) is 6.18. The maximum Gasteiger partial charge on any atom is 0.161 e. The Morgan fingerprint density at radius 1 is 1.19 bits per heavy atom. The molecule has 0 amide bonds. The fourth-order valence-corrected chi connectivity index (χ4v) is 2.42. The summed E-state index contributed by atoms with van der Waals surface area (Å²) in [6.07, 6.45) is 4.63. The van der Waals surface area contributed by atoms with Gasteiger partial charge in [0.2, 0.25) is 0 Å². The second-order valence-corrected chi connectivity index (χ2v) is 5.58. The minimum atomic E-state index is 0.711. The molecule has 0 aliphatic rings. The molecule has 0 unspecified atom stereocenters. The number of aromatic nitrogens is 3. The molecule has 4 nitrogen and oxygen atoms in total. The van der Waals surface area contributed by atoms with E-state index in [4.69, 9.17) is 0 Å². The van der Waals surface area contributed by atoms with Gasteiger partial charge in [-0.1, -0.05) is 13.0 Å². The molecule has 2 aromatic heterocycles. The quantitative estimate of drug-likeness (QED) is 0.768. The SMILES string of the molecule is CCCNc1nc(-c2ccc3ncccc3c2)ncc1Br. The number of benzene rings is 1. The zero-order valence-electron chi connectivity index (χ0n) is 11.7. The highest BCUT2D eigenvalue weighted by molar-refractivity contribution is 9.10. The maximum absolute atomic E-state index is 4.60. The van der Waals surface area contributed by atoms with Gasteiger partial charge in [-0.25, -0.2) is 9.97 Å². The number of fused-ring (bicyclic) bond motifs is 1. The number of nitrogens with one attached hydrogen (secondary N) is 1. The topological polar surface area (TPSA) is 50.7 Å². The van der Waals surface area contributed by atoms with Crippen LogP contribution in [0.4, 0.5) is 5.82 Å². The van der Waals surface area contributed by atoms with Gasteiger partial charge < -0.3 is 5.32 Å². The molecule has 106 valence electrons. The number of nitrogens with zero attached hydrogens (tertiary/aromatic N) is 3. The molecular formula is C16H15BrN4. The van der Waals surface area contributed by atoms with Gasteiger partial charge in [-0.2, -0.15) is 0 Å². The van der Waals surface area contributed by atoms with Crippen molar-refractivity contribution in [3.05, 3.63) is 47.2 Å². The standard InChI is InChI=1S/C16H15BrN4/c1-2-7-19-16-13(17)10-20-15(21-16)12-5-6-14-11(9-12)4-3-8-18-14/h3-6,8-10H,2,7H2,1H3,(H,19,20,21). The zero-order valence-corrected chi connectivity index (χ0v) is 13.3. The summed E-state index contributed by atoms with van der Waals surface area (Å²) in [4.78, 5) is 13.3. The Labute approximate surface area is 131 Å². The van der Waals surface area contributed by atoms with Crippen molar-refractivity contribution in [3.63, 3.8) is 0 Å². The van der Waals surface area contributed by atoms with E-state index in [-0.39, 0.29) is 0 Å². The largest absolute Gasteiger partial charge is 0.369 e. The van der Waals surface area contributed by atoms with Crippen LogP contribution in [0, 0.1) is 0 Å². The molecule has 0 spiro atoms. The molecule has 21 heavy (non-hydrogen) atoms. The van der Waals surface area contributed by atoms with Gasteiger partial charge in [-0.3, -0.25) is 4.98 Å². The number of hydrogen-bond acceptors (Lipinski definition) is 4. The van der Waals surface area contributed by atoms with Gasteiger partial charge in [-0.05, 0) is 46.6 Å². The monoisotopic (exact) mass is 342 g/mol. The average molecular weight is 343 g/mol. The van der Waals surface area contributed by atoms with E-state index in [1.165, 1.54) is 0 Å². The minimum Gasteiger partial charge on any atom is -0.369 e. The summed E-state index contributed by atoms with van der Waals surface area (Å²) in [6.45, 7) is 3.01. The van der Waals surface area contributed by atoms with Crippen molar-refractivity contribution >= 4 is 32.7 Å². The molecule has 1 N–H and O–H groups in total. The van der Waals surface area contributed by atoms with Crippen molar-refractivity contribution in [1.82, 2.24) is 15.0 Å². The van der Waals surface area contributed by atoms with E-state index in [0.29, 0.717) is 5.82 Å². The van der Waals surface area contributed by atoms with Crippen LogP contribution in [0.2, 0.25) is 0 Å². The lowest BCUT2D eigenvalue weighted by molar-refractivity contribution is 0.963.